The minimum Gasteiger partial charge on any atom is -0.376 e. The monoisotopic (exact) mass is 550 g/mol. The zero-order chi connectivity index (χ0) is 19.9. The third kappa shape index (κ3) is 7.06. The van der Waals surface area contributed by atoms with E-state index in [4.69, 9.17) is 4.74 Å². The second kappa shape index (κ2) is 12.0. The molecule has 2 N–H and O–H groups in total. The third-order valence-corrected chi connectivity index (χ3v) is 6.66. The zero-order valence-electron chi connectivity index (χ0n) is 17.4. The van der Waals surface area contributed by atoms with E-state index in [2.05, 4.69) is 55.3 Å². The van der Waals surface area contributed by atoms with Gasteiger partial charge in [-0.2, -0.15) is 0 Å². The highest BCUT2D eigenvalue weighted by molar-refractivity contribution is 14.0. The van der Waals surface area contributed by atoms with Gasteiger partial charge in [0.15, 0.2) is 11.1 Å². The fourth-order valence-corrected chi connectivity index (χ4v) is 4.81. The van der Waals surface area contributed by atoms with Crippen LogP contribution in [0.3, 0.4) is 0 Å². The number of anilines is 1. The molecular weight excluding hydrogens is 519 g/mol. The van der Waals surface area contributed by atoms with Crippen molar-refractivity contribution in [1.82, 2.24) is 20.5 Å². The molecular formula is C19H31IN6OS2. The van der Waals surface area contributed by atoms with E-state index in [1.807, 2.05) is 19.0 Å². The van der Waals surface area contributed by atoms with Crippen LogP contribution in [0.4, 0.5) is 5.13 Å². The number of thiophene rings is 1. The largest absolute Gasteiger partial charge is 0.376 e. The van der Waals surface area contributed by atoms with Crippen molar-refractivity contribution in [3.8, 4) is 0 Å². The lowest BCUT2D eigenvalue weighted by Gasteiger charge is -2.37. The highest BCUT2D eigenvalue weighted by Crippen LogP contribution is 2.26. The van der Waals surface area contributed by atoms with Crippen molar-refractivity contribution in [1.29, 1.82) is 0 Å². The number of rotatable bonds is 7. The Morgan fingerprint density at radius 2 is 2.24 bits per heavy atom. The van der Waals surface area contributed by atoms with Crippen molar-refractivity contribution < 1.29 is 4.74 Å². The lowest BCUT2D eigenvalue weighted by Crippen LogP contribution is -2.47. The van der Waals surface area contributed by atoms with Crippen LogP contribution < -0.4 is 15.5 Å². The van der Waals surface area contributed by atoms with E-state index in [-0.39, 0.29) is 30.1 Å². The van der Waals surface area contributed by atoms with Gasteiger partial charge in [-0.1, -0.05) is 6.07 Å². The average molecular weight is 551 g/mol. The van der Waals surface area contributed by atoms with Crippen molar-refractivity contribution in [2.24, 2.45) is 4.99 Å². The van der Waals surface area contributed by atoms with Crippen LogP contribution in [0, 0.1) is 0 Å². The zero-order valence-corrected chi connectivity index (χ0v) is 21.4. The summed E-state index contributed by atoms with van der Waals surface area (Å²) in [6, 6.07) is 4.64. The molecule has 0 amide bonds. The average Bonchev–Trinajstić information content (AvgIpc) is 3.36. The summed E-state index contributed by atoms with van der Waals surface area (Å²) in [7, 11) is 5.82. The molecule has 29 heavy (non-hydrogen) atoms. The standard InChI is InChI=1S/C19H30N6OS2.HI/c1-14-12-25(7-8-26-14)16(17-6-5-9-27-17)11-22-18(20-2)21-10-15-13-28-19(23-15)24(3)4;/h5-6,9,13-14,16H,7-8,10-12H2,1-4H3,(H2,20,21,22);1H. The molecule has 7 nitrogen and oxygen atoms in total. The normalized spacial score (nSPS) is 18.8. The number of thiazole rings is 1. The molecule has 0 aliphatic carbocycles. The molecule has 0 bridgehead atoms. The number of nitrogens with one attached hydrogen (secondary N) is 2. The number of aliphatic imine (C=N–C) groups is 1. The van der Waals surface area contributed by atoms with Gasteiger partial charge in [-0.05, 0) is 18.4 Å². The number of hydrogen-bond acceptors (Lipinski definition) is 7. The van der Waals surface area contributed by atoms with Crippen LogP contribution in [0.2, 0.25) is 0 Å². The second-order valence-corrected chi connectivity index (χ2v) is 8.85. The maximum atomic E-state index is 5.72. The van der Waals surface area contributed by atoms with Crippen molar-refractivity contribution in [3.05, 3.63) is 33.5 Å². The molecule has 162 valence electrons. The van der Waals surface area contributed by atoms with Crippen molar-refractivity contribution in [2.75, 3.05) is 52.3 Å². The van der Waals surface area contributed by atoms with Crippen LogP contribution >= 0.6 is 46.7 Å². The number of nitrogens with zero attached hydrogens (tertiary/aromatic N) is 4. The van der Waals surface area contributed by atoms with Crippen molar-refractivity contribution in [2.45, 2.75) is 25.6 Å². The first-order valence-corrected chi connectivity index (χ1v) is 11.3. The summed E-state index contributed by atoms with van der Waals surface area (Å²) in [5, 5.41) is 12.1. The Hall–Kier alpha value is -0.950. The van der Waals surface area contributed by atoms with Crippen LogP contribution in [0.5, 0.6) is 0 Å². The van der Waals surface area contributed by atoms with Gasteiger partial charge in [0, 0.05) is 51.0 Å². The van der Waals surface area contributed by atoms with E-state index in [0.717, 1.165) is 43.0 Å². The van der Waals surface area contributed by atoms with Crippen LogP contribution in [-0.2, 0) is 11.3 Å². The smallest absolute Gasteiger partial charge is 0.191 e. The Morgan fingerprint density at radius 1 is 1.41 bits per heavy atom. The molecule has 0 saturated carbocycles. The van der Waals surface area contributed by atoms with E-state index >= 15 is 0 Å². The Balaban J connectivity index is 0.00000300. The van der Waals surface area contributed by atoms with Gasteiger partial charge < -0.3 is 20.3 Å². The Kier molecular flexibility index (Phi) is 10.1. The van der Waals surface area contributed by atoms with Gasteiger partial charge >= 0.3 is 0 Å². The van der Waals surface area contributed by atoms with E-state index in [1.54, 1.807) is 29.7 Å². The summed E-state index contributed by atoms with van der Waals surface area (Å²) in [6.07, 6.45) is 0.268. The van der Waals surface area contributed by atoms with Crippen LogP contribution in [0.25, 0.3) is 0 Å². The predicted molar refractivity (Wildman–Crippen MR) is 134 cm³/mol. The fourth-order valence-electron chi connectivity index (χ4n) is 3.19. The van der Waals surface area contributed by atoms with Crippen molar-refractivity contribution >= 4 is 57.7 Å². The van der Waals surface area contributed by atoms with E-state index < -0.39 is 0 Å². The van der Waals surface area contributed by atoms with Crippen molar-refractivity contribution in [3.63, 3.8) is 0 Å². The van der Waals surface area contributed by atoms with Gasteiger partial charge in [0.25, 0.3) is 0 Å². The highest BCUT2D eigenvalue weighted by atomic mass is 127. The van der Waals surface area contributed by atoms with Crippen LogP contribution in [0.1, 0.15) is 23.5 Å². The molecule has 0 spiro atoms. The van der Waals surface area contributed by atoms with E-state index in [0.29, 0.717) is 12.6 Å². The molecule has 1 aliphatic heterocycles. The molecule has 2 unspecified atom stereocenters. The Labute approximate surface area is 198 Å². The van der Waals surface area contributed by atoms with E-state index in [9.17, 15) is 0 Å². The molecule has 0 aromatic carbocycles. The molecule has 3 heterocycles. The van der Waals surface area contributed by atoms with Crippen LogP contribution in [-0.4, -0.2) is 69.3 Å². The fraction of sp³-hybridized carbons (Fsp3) is 0.579. The lowest BCUT2D eigenvalue weighted by atomic mass is 10.1. The summed E-state index contributed by atoms with van der Waals surface area (Å²) in [6.45, 7) is 6.28. The quantitative estimate of drug-likeness (QED) is 0.314. The molecule has 1 aliphatic rings. The Bertz CT molecular complexity index is 752. The number of hydrogen-bond donors (Lipinski definition) is 2. The third-order valence-electron chi connectivity index (χ3n) is 4.63. The first kappa shape index (κ1) is 24.3. The number of morpholine rings is 1. The van der Waals surface area contributed by atoms with Gasteiger partial charge in [-0.3, -0.25) is 9.89 Å². The summed E-state index contributed by atoms with van der Waals surface area (Å²) in [4.78, 5) is 14.9. The second-order valence-electron chi connectivity index (χ2n) is 7.03. The first-order chi connectivity index (χ1) is 13.6. The molecule has 2 atom stereocenters. The molecule has 1 saturated heterocycles. The first-order valence-electron chi connectivity index (χ1n) is 9.52. The summed E-state index contributed by atoms with van der Waals surface area (Å²) < 4.78 is 5.72. The maximum absolute atomic E-state index is 5.72. The minimum absolute atomic E-state index is 0. The molecule has 0 radical (unpaired) electrons. The van der Waals surface area contributed by atoms with Gasteiger partial charge in [0.2, 0.25) is 0 Å². The van der Waals surface area contributed by atoms with E-state index in [1.165, 1.54) is 4.88 Å². The molecule has 2 aromatic rings. The summed E-state index contributed by atoms with van der Waals surface area (Å²) in [5.74, 6) is 0.794. The maximum Gasteiger partial charge on any atom is 0.191 e. The molecule has 2 aromatic heterocycles. The van der Waals surface area contributed by atoms with Gasteiger partial charge in [0.05, 0.1) is 31.0 Å². The number of halogens is 1. The molecule has 1 fully saturated rings. The Morgan fingerprint density at radius 3 is 2.86 bits per heavy atom. The number of ether oxygens (including phenoxy) is 1. The SMILES string of the molecule is CN=C(NCc1csc(N(C)C)n1)NCC(c1cccs1)N1CCOC(C)C1.I. The predicted octanol–water partition coefficient (Wildman–Crippen LogP) is 3.02. The number of aromatic nitrogens is 1. The van der Waals surface area contributed by atoms with Gasteiger partial charge in [0.1, 0.15) is 0 Å². The molecule has 10 heteroatoms. The summed E-state index contributed by atoms with van der Waals surface area (Å²) in [5.41, 5.74) is 1.02. The highest BCUT2D eigenvalue weighted by Gasteiger charge is 2.26. The molecule has 3 rings (SSSR count). The minimum atomic E-state index is 0. The van der Waals surface area contributed by atoms with Gasteiger partial charge in [-0.25, -0.2) is 4.98 Å². The number of guanidine groups is 1. The van der Waals surface area contributed by atoms with Gasteiger partial charge in [-0.15, -0.1) is 46.7 Å². The lowest BCUT2D eigenvalue weighted by molar-refractivity contribution is -0.0334. The van der Waals surface area contributed by atoms with Crippen LogP contribution in [0.15, 0.2) is 27.9 Å². The topological polar surface area (TPSA) is 65.0 Å². The summed E-state index contributed by atoms with van der Waals surface area (Å²) >= 11 is 3.45.